The van der Waals surface area contributed by atoms with Crippen molar-refractivity contribution in [2.75, 3.05) is 10.6 Å². The Labute approximate surface area is 118 Å². The third-order valence-corrected chi connectivity index (χ3v) is 2.46. The number of primary amides is 1. The van der Waals surface area contributed by atoms with E-state index in [2.05, 4.69) is 20.6 Å². The minimum absolute atomic E-state index is 0.240. The highest BCUT2D eigenvalue weighted by molar-refractivity contribution is 6.08. The maximum atomic E-state index is 12.0. The number of nitrogens with two attached hydrogens (primary N) is 1. The zero-order valence-corrected chi connectivity index (χ0v) is 10.6. The number of hydrogen-bond acceptors (Lipinski definition) is 4. The molecule has 2 aromatic rings. The van der Waals surface area contributed by atoms with E-state index in [1.807, 2.05) is 0 Å². The lowest BCUT2D eigenvalue weighted by Gasteiger charge is -2.07. The Morgan fingerprint density at radius 1 is 1.19 bits per heavy atom. The molecule has 1 aromatic heterocycles. The average molecular weight is 289 g/mol. The molecule has 21 heavy (non-hydrogen) atoms. The average Bonchev–Trinajstić information content (AvgIpc) is 2.87. The van der Waals surface area contributed by atoms with E-state index in [9.17, 15) is 14.4 Å². The number of hydrogen-bond donors (Lipinski definition) is 5. The standard InChI is InChI=1S/C12H11N5O4/c13-12(21)17-7-3-1-2-6(4-7)16-10(18)8-9(11(19)20)15-5-14-8/h1-5H,(H,14,15)(H,16,18)(H,19,20)(H3,13,17,21). The van der Waals surface area contributed by atoms with E-state index in [1.165, 1.54) is 6.07 Å². The monoisotopic (exact) mass is 289 g/mol. The highest BCUT2D eigenvalue weighted by atomic mass is 16.4. The van der Waals surface area contributed by atoms with Crippen LogP contribution < -0.4 is 16.4 Å². The first-order valence-corrected chi connectivity index (χ1v) is 5.72. The molecule has 3 amide bonds. The number of aromatic amines is 1. The van der Waals surface area contributed by atoms with Gasteiger partial charge >= 0.3 is 12.0 Å². The number of carboxylic acids is 1. The van der Waals surface area contributed by atoms with Crippen molar-refractivity contribution in [2.24, 2.45) is 5.73 Å². The molecule has 0 bridgehead atoms. The summed E-state index contributed by atoms with van der Waals surface area (Å²) in [5.74, 6) is -1.98. The van der Waals surface area contributed by atoms with E-state index in [0.717, 1.165) is 6.33 Å². The molecule has 0 unspecified atom stereocenters. The van der Waals surface area contributed by atoms with Crippen molar-refractivity contribution in [3.63, 3.8) is 0 Å². The number of carbonyl (C=O) groups is 3. The number of anilines is 2. The van der Waals surface area contributed by atoms with Gasteiger partial charge in [0.2, 0.25) is 0 Å². The van der Waals surface area contributed by atoms with Crippen LogP contribution in [0.25, 0.3) is 0 Å². The molecule has 6 N–H and O–H groups in total. The number of imidazole rings is 1. The van der Waals surface area contributed by atoms with Gasteiger partial charge in [-0.15, -0.1) is 0 Å². The van der Waals surface area contributed by atoms with Gasteiger partial charge in [0.1, 0.15) is 0 Å². The van der Waals surface area contributed by atoms with Crippen LogP contribution in [0.4, 0.5) is 16.2 Å². The maximum absolute atomic E-state index is 12.0. The quantitative estimate of drug-likeness (QED) is 0.565. The zero-order valence-electron chi connectivity index (χ0n) is 10.6. The molecule has 9 heteroatoms. The van der Waals surface area contributed by atoms with Crippen molar-refractivity contribution in [3.05, 3.63) is 42.0 Å². The van der Waals surface area contributed by atoms with E-state index in [4.69, 9.17) is 10.8 Å². The van der Waals surface area contributed by atoms with Crippen LogP contribution in [0.5, 0.6) is 0 Å². The predicted octanol–water partition coefficient (Wildman–Crippen LogP) is 0.851. The minimum atomic E-state index is -1.29. The smallest absolute Gasteiger partial charge is 0.354 e. The molecule has 0 radical (unpaired) electrons. The number of nitrogens with one attached hydrogen (secondary N) is 3. The summed E-state index contributed by atoms with van der Waals surface area (Å²) in [6, 6.07) is 5.47. The lowest BCUT2D eigenvalue weighted by Crippen LogP contribution is -2.20. The molecule has 9 nitrogen and oxygen atoms in total. The molecule has 0 atom stereocenters. The molecule has 0 saturated heterocycles. The number of carbonyl (C=O) groups excluding carboxylic acids is 2. The molecule has 1 aromatic carbocycles. The van der Waals surface area contributed by atoms with Crippen molar-refractivity contribution >= 4 is 29.3 Å². The third kappa shape index (κ3) is 3.35. The van der Waals surface area contributed by atoms with Crippen LogP contribution in [0.2, 0.25) is 0 Å². The summed E-state index contributed by atoms with van der Waals surface area (Å²) in [4.78, 5) is 39.7. The lowest BCUT2D eigenvalue weighted by atomic mass is 10.2. The Balaban J connectivity index is 2.18. The maximum Gasteiger partial charge on any atom is 0.354 e. The van der Waals surface area contributed by atoms with Crippen molar-refractivity contribution in [1.29, 1.82) is 0 Å². The summed E-state index contributed by atoms with van der Waals surface area (Å²) in [6.07, 6.45) is 1.11. The molecule has 0 spiro atoms. The van der Waals surface area contributed by atoms with E-state index >= 15 is 0 Å². The highest BCUT2D eigenvalue weighted by Gasteiger charge is 2.19. The first-order chi connectivity index (χ1) is 9.97. The van der Waals surface area contributed by atoms with Crippen LogP contribution >= 0.6 is 0 Å². The number of amides is 3. The second kappa shape index (κ2) is 5.74. The van der Waals surface area contributed by atoms with Crippen LogP contribution in [-0.4, -0.2) is 33.0 Å². The molecule has 2 rings (SSSR count). The number of aromatic nitrogens is 2. The van der Waals surface area contributed by atoms with Gasteiger partial charge in [0.25, 0.3) is 5.91 Å². The summed E-state index contributed by atoms with van der Waals surface area (Å²) < 4.78 is 0. The summed E-state index contributed by atoms with van der Waals surface area (Å²) >= 11 is 0. The fourth-order valence-corrected chi connectivity index (χ4v) is 1.64. The van der Waals surface area contributed by atoms with E-state index in [-0.39, 0.29) is 11.4 Å². The molecule has 0 aliphatic heterocycles. The molecule has 0 fully saturated rings. The van der Waals surface area contributed by atoms with E-state index in [0.29, 0.717) is 11.4 Å². The summed E-state index contributed by atoms with van der Waals surface area (Å²) in [7, 11) is 0. The number of H-pyrrole nitrogens is 1. The zero-order chi connectivity index (χ0) is 15.4. The molecule has 1 heterocycles. The van der Waals surface area contributed by atoms with Gasteiger partial charge in [-0.3, -0.25) is 4.79 Å². The van der Waals surface area contributed by atoms with E-state index < -0.39 is 17.9 Å². The summed E-state index contributed by atoms with van der Waals surface area (Å²) in [6.45, 7) is 0. The van der Waals surface area contributed by atoms with Gasteiger partial charge < -0.3 is 26.5 Å². The summed E-state index contributed by atoms with van der Waals surface area (Å²) in [5, 5.41) is 13.7. The van der Waals surface area contributed by atoms with Crippen LogP contribution in [0.1, 0.15) is 21.0 Å². The minimum Gasteiger partial charge on any atom is -0.477 e. The highest BCUT2D eigenvalue weighted by Crippen LogP contribution is 2.16. The van der Waals surface area contributed by atoms with Crippen LogP contribution in [0.3, 0.4) is 0 Å². The number of nitrogens with zero attached hydrogens (tertiary/aromatic N) is 1. The van der Waals surface area contributed by atoms with Crippen LogP contribution in [0, 0.1) is 0 Å². The van der Waals surface area contributed by atoms with Gasteiger partial charge in [-0.2, -0.15) is 0 Å². The topological polar surface area (TPSA) is 150 Å². The van der Waals surface area contributed by atoms with Gasteiger partial charge in [0.15, 0.2) is 11.4 Å². The Hall–Kier alpha value is -3.36. The summed E-state index contributed by atoms with van der Waals surface area (Å²) in [5.41, 5.74) is 5.18. The number of carboxylic acid groups (broad SMARTS) is 1. The van der Waals surface area contributed by atoms with Gasteiger partial charge in [-0.05, 0) is 18.2 Å². The number of rotatable bonds is 4. The molecular formula is C12H11N5O4. The molecule has 0 saturated carbocycles. The second-order valence-electron chi connectivity index (χ2n) is 3.96. The molecule has 0 aliphatic carbocycles. The molecule has 0 aliphatic rings. The van der Waals surface area contributed by atoms with Crippen molar-refractivity contribution < 1.29 is 19.5 Å². The van der Waals surface area contributed by atoms with Gasteiger partial charge in [-0.1, -0.05) is 6.07 Å². The lowest BCUT2D eigenvalue weighted by molar-refractivity contribution is 0.0686. The Morgan fingerprint density at radius 3 is 2.48 bits per heavy atom. The number of aromatic carboxylic acids is 1. The van der Waals surface area contributed by atoms with Gasteiger partial charge in [0, 0.05) is 11.4 Å². The third-order valence-electron chi connectivity index (χ3n) is 2.46. The number of benzene rings is 1. The Morgan fingerprint density at radius 2 is 1.86 bits per heavy atom. The predicted molar refractivity (Wildman–Crippen MR) is 73.1 cm³/mol. The first kappa shape index (κ1) is 14.1. The second-order valence-corrected chi connectivity index (χ2v) is 3.96. The fourth-order valence-electron chi connectivity index (χ4n) is 1.64. The Kier molecular flexibility index (Phi) is 3.84. The van der Waals surface area contributed by atoms with E-state index in [1.54, 1.807) is 18.2 Å². The largest absolute Gasteiger partial charge is 0.477 e. The van der Waals surface area contributed by atoms with Gasteiger partial charge in [-0.25, -0.2) is 14.6 Å². The fraction of sp³-hybridized carbons (Fsp3) is 0. The number of urea groups is 1. The van der Waals surface area contributed by atoms with Gasteiger partial charge in [0.05, 0.1) is 6.33 Å². The van der Waals surface area contributed by atoms with Crippen molar-refractivity contribution in [2.45, 2.75) is 0 Å². The van der Waals surface area contributed by atoms with Crippen molar-refractivity contribution in [3.8, 4) is 0 Å². The molecule has 108 valence electrons. The van der Waals surface area contributed by atoms with Crippen LogP contribution in [-0.2, 0) is 0 Å². The molecular weight excluding hydrogens is 278 g/mol. The SMILES string of the molecule is NC(=O)Nc1cccc(NC(=O)c2nc[nH]c2C(=O)O)c1. The van der Waals surface area contributed by atoms with Crippen LogP contribution in [0.15, 0.2) is 30.6 Å². The first-order valence-electron chi connectivity index (χ1n) is 5.72. The van der Waals surface area contributed by atoms with Crippen molar-refractivity contribution in [1.82, 2.24) is 9.97 Å². The normalized spacial score (nSPS) is 9.90. The Bertz CT molecular complexity index is 709.